The lowest BCUT2D eigenvalue weighted by atomic mass is 10.1. The van der Waals surface area contributed by atoms with Gasteiger partial charge in [-0.05, 0) is 26.0 Å². The number of fused-ring (bicyclic) bond motifs is 1. The molecule has 0 radical (unpaired) electrons. The molecular weight excluding hydrogens is 364 g/mol. The van der Waals surface area contributed by atoms with Crippen LogP contribution < -0.4 is 4.90 Å². The average Bonchev–Trinajstić information content (AvgIpc) is 3.04. The van der Waals surface area contributed by atoms with E-state index in [0.29, 0.717) is 24.1 Å². The Labute approximate surface area is 163 Å². The molecule has 0 aliphatic carbocycles. The fourth-order valence-electron chi connectivity index (χ4n) is 3.95. The molecule has 1 fully saturated rings. The Hall–Kier alpha value is -2.67. The lowest BCUT2D eigenvalue weighted by molar-refractivity contribution is -0.133. The fraction of sp³-hybridized carbons (Fsp3) is 0.368. The first-order chi connectivity index (χ1) is 12.9. The Morgan fingerprint density at radius 2 is 2.04 bits per heavy atom. The van der Waals surface area contributed by atoms with Crippen LogP contribution in [-0.4, -0.2) is 55.9 Å². The lowest BCUT2D eigenvalue weighted by Crippen LogP contribution is -2.58. The van der Waals surface area contributed by atoms with E-state index in [-0.39, 0.29) is 19.4 Å². The number of nitrogens with one attached hydrogen (secondary N) is 1. The molecule has 1 aliphatic rings. The van der Waals surface area contributed by atoms with Crippen molar-refractivity contribution in [3.05, 3.63) is 35.7 Å². The van der Waals surface area contributed by atoms with E-state index in [4.69, 9.17) is 16.6 Å². The summed E-state index contributed by atoms with van der Waals surface area (Å²) < 4.78 is 0. The summed E-state index contributed by atoms with van der Waals surface area (Å²) in [5, 5.41) is 1.51. The summed E-state index contributed by atoms with van der Waals surface area (Å²) in [7, 11) is 0. The molecule has 142 valence electrons. The fourth-order valence-corrected chi connectivity index (χ4v) is 4.11. The third-order valence-corrected chi connectivity index (χ3v) is 5.19. The molecule has 1 aliphatic heterocycles. The van der Waals surface area contributed by atoms with E-state index in [1.54, 1.807) is 19.3 Å². The molecule has 4 rings (SSSR count). The Morgan fingerprint density at radius 1 is 1.30 bits per heavy atom. The maximum atomic E-state index is 11.9. The van der Waals surface area contributed by atoms with E-state index < -0.39 is 0 Å². The number of hydrogen-bond acceptors (Lipinski definition) is 5. The number of anilines is 1. The molecule has 3 aromatic rings. The van der Waals surface area contributed by atoms with Crippen molar-refractivity contribution >= 4 is 34.5 Å². The summed E-state index contributed by atoms with van der Waals surface area (Å²) in [6.45, 7) is 7.14. The van der Waals surface area contributed by atoms with Crippen molar-refractivity contribution in [1.82, 2.24) is 24.8 Å². The van der Waals surface area contributed by atoms with Gasteiger partial charge in [0.15, 0.2) is 0 Å². The number of piperazine rings is 1. The normalized spacial score (nSPS) is 20.3. The van der Waals surface area contributed by atoms with Gasteiger partial charge in [-0.25, -0.2) is 15.0 Å². The minimum Gasteiger partial charge on any atom is -0.345 e. The van der Waals surface area contributed by atoms with Crippen molar-refractivity contribution < 1.29 is 6.22 Å². The van der Waals surface area contributed by atoms with Crippen LogP contribution >= 0.6 is 11.6 Å². The Balaban J connectivity index is 0.00000225. The number of pyridine rings is 1. The molecule has 7 nitrogen and oxygen atoms in total. The molecule has 1 amide bonds. The predicted molar refractivity (Wildman–Crippen MR) is 108 cm³/mol. The van der Waals surface area contributed by atoms with Gasteiger partial charge in [-0.15, -0.1) is 0 Å². The number of amides is 1. The minimum atomic E-state index is 0. The van der Waals surface area contributed by atoms with Crippen molar-refractivity contribution in [1.29, 1.82) is 0 Å². The van der Waals surface area contributed by atoms with E-state index >= 15 is 0 Å². The topological polar surface area (TPSA) is 78.0 Å². The maximum Gasteiger partial charge on any atom is 0.225 e. The summed E-state index contributed by atoms with van der Waals surface area (Å²) in [6, 6.07) is 3.98. The van der Waals surface area contributed by atoms with Crippen LogP contribution in [0.25, 0.3) is 22.3 Å². The highest BCUT2D eigenvalue weighted by molar-refractivity contribution is 6.31. The predicted octanol–water partition coefficient (Wildman–Crippen LogP) is 3.36. The van der Waals surface area contributed by atoms with Gasteiger partial charge in [-0.2, -0.15) is 0 Å². The molecule has 0 unspecified atom stereocenters. The van der Waals surface area contributed by atoms with Gasteiger partial charge in [0.25, 0.3) is 0 Å². The second-order valence-electron chi connectivity index (χ2n) is 7.02. The van der Waals surface area contributed by atoms with Gasteiger partial charge in [0, 0.05) is 63.1 Å². The highest BCUT2D eigenvalue weighted by atomic mass is 35.5. The minimum absolute atomic E-state index is 0. The third kappa shape index (κ3) is 3.23. The van der Waals surface area contributed by atoms with Crippen molar-refractivity contribution in [2.24, 2.45) is 0 Å². The number of halogens is 1. The number of H-pyrrole nitrogens is 1. The van der Waals surface area contributed by atoms with E-state index in [0.717, 1.165) is 22.3 Å². The number of aromatic amines is 1. The highest BCUT2D eigenvalue weighted by Crippen LogP contribution is 2.29. The summed E-state index contributed by atoms with van der Waals surface area (Å²) in [6.07, 6.45) is 5.27. The van der Waals surface area contributed by atoms with Crippen LogP contribution in [0.2, 0.25) is 5.02 Å². The zero-order valence-electron chi connectivity index (χ0n) is 15.5. The van der Waals surface area contributed by atoms with Crippen molar-refractivity contribution in [3.63, 3.8) is 0 Å². The number of hydrogen-bond donors (Lipinski definition) is 1. The summed E-state index contributed by atoms with van der Waals surface area (Å²) in [5.74, 6) is 0.770. The molecule has 0 spiro atoms. The van der Waals surface area contributed by atoms with Crippen LogP contribution in [-0.2, 0) is 4.79 Å². The monoisotopic (exact) mass is 386 g/mol. The van der Waals surface area contributed by atoms with E-state index in [1.807, 2.05) is 23.2 Å². The molecule has 3 aromatic heterocycles. The Kier molecular flexibility index (Phi) is 4.47. The molecule has 0 aromatic carbocycles. The number of carbonyl (C=O) groups is 1. The van der Waals surface area contributed by atoms with Crippen LogP contribution in [0.5, 0.6) is 0 Å². The summed E-state index contributed by atoms with van der Waals surface area (Å²) in [5.41, 5.74) is 2.52. The van der Waals surface area contributed by atoms with Gasteiger partial charge in [0.05, 0.1) is 10.7 Å². The van der Waals surface area contributed by atoms with Crippen LogP contribution in [0.3, 0.4) is 0 Å². The number of nitrogens with zero attached hydrogens (tertiary/aromatic N) is 5. The molecule has 0 saturated carbocycles. The number of carbonyl (C=O) groups excluding carboxylic acids is 1. The largest absolute Gasteiger partial charge is 0.345 e. The van der Waals surface area contributed by atoms with Crippen LogP contribution in [0, 0.1) is 0 Å². The molecule has 1 saturated heterocycles. The van der Waals surface area contributed by atoms with Crippen molar-refractivity contribution in [3.8, 4) is 11.3 Å². The van der Waals surface area contributed by atoms with E-state index in [9.17, 15) is 4.79 Å². The van der Waals surface area contributed by atoms with Crippen LogP contribution in [0.1, 0.15) is 22.2 Å². The third-order valence-electron chi connectivity index (χ3n) is 4.98. The molecule has 2 atom stereocenters. The SMILES string of the molecule is CC(=O)N1[C@H](C)CN(c2nccc(-c3c[nH]c4ncc(Cl)cc34)n2)C[C@@H]1C.[HH]. The first-order valence-electron chi connectivity index (χ1n) is 8.94. The van der Waals surface area contributed by atoms with Gasteiger partial charge in [0.1, 0.15) is 5.65 Å². The van der Waals surface area contributed by atoms with Gasteiger partial charge < -0.3 is 14.8 Å². The summed E-state index contributed by atoms with van der Waals surface area (Å²) >= 11 is 6.11. The maximum absolute atomic E-state index is 11.9. The number of aromatic nitrogens is 4. The second kappa shape index (κ2) is 6.81. The summed E-state index contributed by atoms with van der Waals surface area (Å²) in [4.78, 5) is 32.7. The van der Waals surface area contributed by atoms with Gasteiger partial charge in [-0.1, -0.05) is 11.6 Å². The van der Waals surface area contributed by atoms with Crippen molar-refractivity contribution in [2.45, 2.75) is 32.9 Å². The standard InChI is InChI=1S/C19H21ClN6O.H2/c1-11-9-25(10-12(2)26(11)13(3)27)19-21-5-4-17(24-19)16-8-23-18-15(16)6-14(20)7-22-18;/h4-8,11-12H,9-10H2,1-3H3,(H,22,23);1H/t11-,12+;. The molecule has 1 N–H and O–H groups in total. The van der Waals surface area contributed by atoms with Crippen molar-refractivity contribution in [2.75, 3.05) is 18.0 Å². The van der Waals surface area contributed by atoms with E-state index in [1.165, 1.54) is 0 Å². The Bertz CT molecular complexity index is 997. The second-order valence-corrected chi connectivity index (χ2v) is 7.46. The van der Waals surface area contributed by atoms with Gasteiger partial charge >= 0.3 is 0 Å². The highest BCUT2D eigenvalue weighted by Gasteiger charge is 2.32. The first kappa shape index (κ1) is 17.7. The zero-order valence-corrected chi connectivity index (χ0v) is 16.2. The lowest BCUT2D eigenvalue weighted by Gasteiger charge is -2.44. The molecule has 27 heavy (non-hydrogen) atoms. The molecule has 4 heterocycles. The average molecular weight is 387 g/mol. The zero-order chi connectivity index (χ0) is 19.1. The van der Waals surface area contributed by atoms with Crippen LogP contribution in [0.4, 0.5) is 5.95 Å². The van der Waals surface area contributed by atoms with E-state index in [2.05, 4.69) is 33.7 Å². The van der Waals surface area contributed by atoms with Crippen LogP contribution in [0.15, 0.2) is 30.7 Å². The van der Waals surface area contributed by atoms with Gasteiger partial charge in [-0.3, -0.25) is 4.79 Å². The Morgan fingerprint density at radius 3 is 2.74 bits per heavy atom. The number of rotatable bonds is 2. The smallest absolute Gasteiger partial charge is 0.225 e. The van der Waals surface area contributed by atoms with Gasteiger partial charge in [0.2, 0.25) is 11.9 Å². The molecular formula is C19H23ClN6O. The molecule has 8 heteroatoms. The molecule has 0 bridgehead atoms. The first-order valence-corrected chi connectivity index (χ1v) is 9.31. The quantitative estimate of drug-likeness (QED) is 0.730.